The Labute approximate surface area is 165 Å². The summed E-state index contributed by atoms with van der Waals surface area (Å²) in [5, 5.41) is 1.12. The molecule has 0 aliphatic carbocycles. The van der Waals surface area contributed by atoms with E-state index in [9.17, 15) is 14.4 Å². The maximum absolute atomic E-state index is 12.9. The first-order valence-corrected chi connectivity index (χ1v) is 8.94. The van der Waals surface area contributed by atoms with Gasteiger partial charge in [-0.1, -0.05) is 23.2 Å². The van der Waals surface area contributed by atoms with E-state index in [1.54, 1.807) is 13.1 Å². The normalized spacial score (nSPS) is 15.8. The number of ether oxygens (including phenoxy) is 2. The van der Waals surface area contributed by atoms with Gasteiger partial charge >= 0.3 is 5.97 Å². The Balaban J connectivity index is 2.20. The van der Waals surface area contributed by atoms with Gasteiger partial charge in [-0.05, 0) is 18.6 Å². The first-order chi connectivity index (χ1) is 12.7. The SMILES string of the molecule is COc1cc2c3c(c(=O)n(C)c2c(Cl)c1Cl)CN(C(=O)COC(C)=O)[C@H]3C. The van der Waals surface area contributed by atoms with Crippen LogP contribution in [-0.4, -0.2) is 35.1 Å². The standard InChI is InChI=1S/C18H18Cl2N2O5/c1-8-14-10-5-12(26-4)15(19)16(20)17(10)21(3)18(25)11(14)6-22(8)13(24)7-27-9(2)23/h5,8H,6-7H2,1-4H3/t8-/m0/s1. The lowest BCUT2D eigenvalue weighted by Gasteiger charge is -2.22. The summed E-state index contributed by atoms with van der Waals surface area (Å²) in [4.78, 5) is 37.8. The molecular weight excluding hydrogens is 395 g/mol. The minimum atomic E-state index is -0.541. The fourth-order valence-electron chi connectivity index (χ4n) is 3.50. The van der Waals surface area contributed by atoms with Crippen LogP contribution in [0.4, 0.5) is 0 Å². The van der Waals surface area contributed by atoms with Crippen LogP contribution in [0.2, 0.25) is 10.0 Å². The molecule has 1 atom stereocenters. The third-order valence-corrected chi connectivity index (χ3v) is 5.65. The van der Waals surface area contributed by atoms with Gasteiger partial charge in [-0.25, -0.2) is 0 Å². The van der Waals surface area contributed by atoms with Gasteiger partial charge in [0.2, 0.25) is 0 Å². The molecular formula is C18H18Cl2N2O5. The van der Waals surface area contributed by atoms with E-state index < -0.39 is 12.0 Å². The predicted octanol–water partition coefficient (Wildman–Crippen LogP) is 2.82. The molecule has 0 unspecified atom stereocenters. The van der Waals surface area contributed by atoms with Crippen molar-refractivity contribution < 1.29 is 19.1 Å². The van der Waals surface area contributed by atoms with Gasteiger partial charge in [0.05, 0.1) is 30.2 Å². The van der Waals surface area contributed by atoms with Crippen molar-refractivity contribution in [3.63, 3.8) is 0 Å². The molecule has 1 aromatic heterocycles. The van der Waals surface area contributed by atoms with Crippen molar-refractivity contribution in [1.29, 1.82) is 0 Å². The van der Waals surface area contributed by atoms with Crippen molar-refractivity contribution in [3.8, 4) is 5.75 Å². The number of carbonyl (C=O) groups is 2. The van der Waals surface area contributed by atoms with Crippen molar-refractivity contribution in [3.05, 3.63) is 37.6 Å². The van der Waals surface area contributed by atoms with Gasteiger partial charge in [-0.3, -0.25) is 14.4 Å². The summed E-state index contributed by atoms with van der Waals surface area (Å²) in [5.41, 5.74) is 1.41. The number of rotatable bonds is 3. The molecule has 1 aliphatic rings. The topological polar surface area (TPSA) is 77.8 Å². The summed E-state index contributed by atoms with van der Waals surface area (Å²) in [6, 6.07) is 1.32. The number of hydrogen-bond donors (Lipinski definition) is 0. The van der Waals surface area contributed by atoms with Crippen LogP contribution in [0, 0.1) is 0 Å². The van der Waals surface area contributed by atoms with Crippen LogP contribution in [-0.2, 0) is 27.9 Å². The number of carbonyl (C=O) groups excluding carboxylic acids is 2. The van der Waals surface area contributed by atoms with Crippen molar-refractivity contribution in [2.45, 2.75) is 26.4 Å². The Bertz CT molecular complexity index is 1030. The lowest BCUT2D eigenvalue weighted by Crippen LogP contribution is -2.32. The summed E-state index contributed by atoms with van der Waals surface area (Å²) >= 11 is 12.7. The molecule has 3 rings (SSSR count). The Morgan fingerprint density at radius 1 is 1.30 bits per heavy atom. The lowest BCUT2D eigenvalue weighted by molar-refractivity contribution is -0.151. The van der Waals surface area contributed by atoms with Gasteiger partial charge in [-0.15, -0.1) is 0 Å². The Hall–Kier alpha value is -2.25. The summed E-state index contributed by atoms with van der Waals surface area (Å²) in [6.45, 7) is 2.80. The number of nitrogens with zero attached hydrogens (tertiary/aromatic N) is 2. The lowest BCUT2D eigenvalue weighted by atomic mass is 10.0. The third kappa shape index (κ3) is 3.04. The number of pyridine rings is 1. The molecule has 0 bridgehead atoms. The number of hydrogen-bond acceptors (Lipinski definition) is 5. The number of aromatic nitrogens is 1. The smallest absolute Gasteiger partial charge is 0.303 e. The summed E-state index contributed by atoms with van der Waals surface area (Å²) in [7, 11) is 3.08. The molecule has 1 amide bonds. The highest BCUT2D eigenvalue weighted by molar-refractivity contribution is 6.46. The van der Waals surface area contributed by atoms with Crippen LogP contribution >= 0.6 is 23.2 Å². The fraction of sp³-hybridized carbons (Fsp3) is 0.389. The highest BCUT2D eigenvalue weighted by atomic mass is 35.5. The van der Waals surface area contributed by atoms with Crippen molar-refractivity contribution in [2.24, 2.45) is 7.05 Å². The highest BCUT2D eigenvalue weighted by Crippen LogP contribution is 2.43. The Morgan fingerprint density at radius 2 is 1.96 bits per heavy atom. The average molecular weight is 413 g/mol. The Morgan fingerprint density at radius 3 is 2.56 bits per heavy atom. The Kier molecular flexibility index (Phi) is 5.10. The van der Waals surface area contributed by atoms with Gasteiger partial charge in [-0.2, -0.15) is 0 Å². The second-order valence-corrected chi connectivity index (χ2v) is 7.09. The van der Waals surface area contributed by atoms with E-state index in [0.29, 0.717) is 27.8 Å². The third-order valence-electron chi connectivity index (χ3n) is 4.81. The van der Waals surface area contributed by atoms with E-state index in [1.165, 1.54) is 23.5 Å². The average Bonchev–Trinajstić information content (AvgIpc) is 2.97. The zero-order valence-corrected chi connectivity index (χ0v) is 16.8. The molecule has 27 heavy (non-hydrogen) atoms. The second-order valence-electron chi connectivity index (χ2n) is 6.34. The van der Waals surface area contributed by atoms with E-state index in [0.717, 1.165) is 0 Å². The van der Waals surface area contributed by atoms with E-state index >= 15 is 0 Å². The number of benzene rings is 1. The highest BCUT2D eigenvalue weighted by Gasteiger charge is 2.36. The number of amides is 1. The fourth-order valence-corrected chi connectivity index (χ4v) is 4.04. The van der Waals surface area contributed by atoms with E-state index in [4.69, 9.17) is 32.7 Å². The quantitative estimate of drug-likeness (QED) is 0.724. The zero-order valence-electron chi connectivity index (χ0n) is 15.3. The van der Waals surface area contributed by atoms with Gasteiger partial charge in [0.1, 0.15) is 10.8 Å². The maximum Gasteiger partial charge on any atom is 0.303 e. The summed E-state index contributed by atoms with van der Waals surface area (Å²) < 4.78 is 11.5. The number of methoxy groups -OCH3 is 1. The zero-order chi connectivity index (χ0) is 20.0. The van der Waals surface area contributed by atoms with Crippen molar-refractivity contribution in [2.75, 3.05) is 13.7 Å². The van der Waals surface area contributed by atoms with Gasteiger partial charge in [0.25, 0.3) is 11.5 Å². The van der Waals surface area contributed by atoms with E-state index in [-0.39, 0.29) is 34.7 Å². The van der Waals surface area contributed by atoms with Crippen molar-refractivity contribution >= 4 is 46.0 Å². The molecule has 7 nitrogen and oxygen atoms in total. The van der Waals surface area contributed by atoms with E-state index in [1.807, 2.05) is 6.92 Å². The first-order valence-electron chi connectivity index (χ1n) is 8.19. The second kappa shape index (κ2) is 7.05. The summed E-state index contributed by atoms with van der Waals surface area (Å²) in [5.74, 6) is -0.539. The number of esters is 1. The van der Waals surface area contributed by atoms with Crippen LogP contribution in [0.1, 0.15) is 31.0 Å². The maximum atomic E-state index is 12.9. The first kappa shape index (κ1) is 19.5. The number of halogens is 2. The number of aryl methyl sites for hydroxylation is 1. The molecule has 0 saturated carbocycles. The minimum absolute atomic E-state index is 0.127. The molecule has 9 heteroatoms. The van der Waals surface area contributed by atoms with Gasteiger partial charge in [0, 0.05) is 24.9 Å². The van der Waals surface area contributed by atoms with Crippen LogP contribution in [0.25, 0.3) is 10.9 Å². The molecule has 0 spiro atoms. The van der Waals surface area contributed by atoms with Gasteiger partial charge in [0.15, 0.2) is 6.61 Å². The number of fused-ring (bicyclic) bond motifs is 3. The van der Waals surface area contributed by atoms with Gasteiger partial charge < -0.3 is 18.9 Å². The molecule has 0 fully saturated rings. The molecule has 144 valence electrons. The van der Waals surface area contributed by atoms with Crippen molar-refractivity contribution in [1.82, 2.24) is 9.47 Å². The van der Waals surface area contributed by atoms with Crippen LogP contribution < -0.4 is 10.3 Å². The van der Waals surface area contributed by atoms with Crippen LogP contribution in [0.15, 0.2) is 10.9 Å². The molecule has 2 heterocycles. The summed E-state index contributed by atoms with van der Waals surface area (Å²) in [6.07, 6.45) is 0. The molecule has 1 aromatic carbocycles. The molecule has 0 saturated heterocycles. The monoisotopic (exact) mass is 412 g/mol. The molecule has 1 aliphatic heterocycles. The predicted molar refractivity (Wildman–Crippen MR) is 101 cm³/mol. The molecule has 0 radical (unpaired) electrons. The largest absolute Gasteiger partial charge is 0.495 e. The van der Waals surface area contributed by atoms with E-state index in [2.05, 4.69) is 0 Å². The van der Waals surface area contributed by atoms with Crippen LogP contribution in [0.3, 0.4) is 0 Å². The molecule has 2 aromatic rings. The van der Waals surface area contributed by atoms with Crippen LogP contribution in [0.5, 0.6) is 5.75 Å². The molecule has 0 N–H and O–H groups in total. The minimum Gasteiger partial charge on any atom is -0.495 e.